The summed E-state index contributed by atoms with van der Waals surface area (Å²) < 4.78 is 1.26. The van der Waals surface area contributed by atoms with E-state index >= 15 is 0 Å². The Labute approximate surface area is 202 Å². The van der Waals surface area contributed by atoms with E-state index in [1.165, 1.54) is 21.1 Å². The largest absolute Gasteiger partial charge is 0.383 e. The van der Waals surface area contributed by atoms with Gasteiger partial charge in [-0.2, -0.15) is 5.26 Å². The number of carbonyl (C=O) groups is 1. The minimum Gasteiger partial charge on any atom is -0.383 e. The van der Waals surface area contributed by atoms with Crippen LogP contribution in [0.5, 0.6) is 0 Å². The molecule has 1 aliphatic rings. The Bertz CT molecular complexity index is 1410. The van der Waals surface area contributed by atoms with E-state index in [1.54, 1.807) is 18.2 Å². The lowest BCUT2D eigenvalue weighted by Crippen LogP contribution is -2.42. The Kier molecular flexibility index (Phi) is 7.27. The van der Waals surface area contributed by atoms with Gasteiger partial charge in [-0.15, -0.1) is 0 Å². The first-order chi connectivity index (χ1) is 17.0. The number of aromatic nitrogens is 2. The number of hydrogen-bond donors (Lipinski definition) is 2. The maximum atomic E-state index is 13.6. The van der Waals surface area contributed by atoms with Gasteiger partial charge in [0.15, 0.2) is 5.69 Å². The molecule has 178 valence electrons. The number of nitrogens with two attached hydrogens (primary N) is 1. The summed E-state index contributed by atoms with van der Waals surface area (Å²) in [5.74, 6) is -0.536. The standard InChI is InChI=1S/C27H27N5O3/c28-17-21-12-7-13-22(16-21)26(34)31(15-14-19-8-3-1-4-9-19)23-24(29)32(27(35)30-25(23)33)18-20-10-5-2-6-11-20/h2,5-8,10-13,16H,1,3-4,9,14-15,18,29H2,(H,30,33,35). The molecule has 0 saturated carbocycles. The van der Waals surface area contributed by atoms with E-state index in [0.717, 1.165) is 31.2 Å². The molecule has 0 atom stereocenters. The van der Waals surface area contributed by atoms with E-state index < -0.39 is 17.2 Å². The highest BCUT2D eigenvalue weighted by molar-refractivity contribution is 6.07. The highest BCUT2D eigenvalue weighted by Crippen LogP contribution is 2.25. The van der Waals surface area contributed by atoms with E-state index in [-0.39, 0.29) is 30.2 Å². The van der Waals surface area contributed by atoms with Gasteiger partial charge < -0.3 is 10.6 Å². The zero-order chi connectivity index (χ0) is 24.8. The quantitative estimate of drug-likeness (QED) is 0.512. The molecule has 4 rings (SSSR count). The summed E-state index contributed by atoms with van der Waals surface area (Å²) in [7, 11) is 0. The lowest BCUT2D eigenvalue weighted by atomic mass is 9.97. The third-order valence-corrected chi connectivity index (χ3v) is 6.19. The number of aromatic amines is 1. The second-order valence-electron chi connectivity index (χ2n) is 8.57. The average Bonchev–Trinajstić information content (AvgIpc) is 2.89. The molecule has 0 bridgehead atoms. The van der Waals surface area contributed by atoms with Crippen LogP contribution in [0.15, 0.2) is 75.8 Å². The Morgan fingerprint density at radius 2 is 1.91 bits per heavy atom. The number of nitrogens with one attached hydrogen (secondary N) is 1. The first kappa shape index (κ1) is 23.8. The fraction of sp³-hybridized carbons (Fsp3) is 0.259. The monoisotopic (exact) mass is 469 g/mol. The molecule has 0 radical (unpaired) electrons. The summed E-state index contributed by atoms with van der Waals surface area (Å²) in [4.78, 5) is 43.0. The van der Waals surface area contributed by atoms with E-state index in [4.69, 9.17) is 5.73 Å². The van der Waals surface area contributed by atoms with Gasteiger partial charge in [-0.3, -0.25) is 19.1 Å². The predicted octanol–water partition coefficient (Wildman–Crippen LogP) is 3.58. The Morgan fingerprint density at radius 1 is 1.11 bits per heavy atom. The van der Waals surface area contributed by atoms with E-state index in [2.05, 4.69) is 11.1 Å². The number of carbonyl (C=O) groups excluding carboxylic acids is 1. The van der Waals surface area contributed by atoms with Crippen LogP contribution in [0.1, 0.15) is 53.6 Å². The van der Waals surface area contributed by atoms with Crippen LogP contribution >= 0.6 is 0 Å². The number of benzene rings is 2. The summed E-state index contributed by atoms with van der Waals surface area (Å²) in [6, 6.07) is 17.6. The maximum absolute atomic E-state index is 13.6. The molecule has 0 spiro atoms. The van der Waals surface area contributed by atoms with Crippen LogP contribution in [-0.2, 0) is 6.54 Å². The zero-order valence-electron chi connectivity index (χ0n) is 19.4. The number of H-pyrrole nitrogens is 1. The molecule has 8 nitrogen and oxygen atoms in total. The van der Waals surface area contributed by atoms with Gasteiger partial charge in [0.2, 0.25) is 0 Å². The van der Waals surface area contributed by atoms with Crippen molar-refractivity contribution in [2.24, 2.45) is 0 Å². The molecule has 1 amide bonds. The minimum absolute atomic E-state index is 0.0655. The van der Waals surface area contributed by atoms with Crippen molar-refractivity contribution in [3.05, 3.63) is 104 Å². The SMILES string of the molecule is N#Cc1cccc(C(=O)N(CCC2=CCCCC2)c2c(N)n(Cc3ccccc3)c(=O)[nH]c2=O)c1. The average molecular weight is 470 g/mol. The lowest BCUT2D eigenvalue weighted by Gasteiger charge is -2.26. The van der Waals surface area contributed by atoms with Crippen LogP contribution in [0.3, 0.4) is 0 Å². The lowest BCUT2D eigenvalue weighted by molar-refractivity contribution is 0.0986. The van der Waals surface area contributed by atoms with E-state index in [0.29, 0.717) is 12.0 Å². The van der Waals surface area contributed by atoms with Crippen LogP contribution in [0.25, 0.3) is 0 Å². The molecule has 0 aliphatic heterocycles. The van der Waals surface area contributed by atoms with Crippen LogP contribution < -0.4 is 21.9 Å². The number of amides is 1. The third-order valence-electron chi connectivity index (χ3n) is 6.19. The van der Waals surface area contributed by atoms with Crippen LogP contribution in [-0.4, -0.2) is 22.0 Å². The van der Waals surface area contributed by atoms with E-state index in [1.807, 2.05) is 36.4 Å². The van der Waals surface area contributed by atoms with Crippen molar-refractivity contribution in [1.29, 1.82) is 5.26 Å². The van der Waals surface area contributed by atoms with Gasteiger partial charge in [-0.1, -0.05) is 48.0 Å². The Morgan fingerprint density at radius 3 is 2.63 bits per heavy atom. The number of hydrogen-bond acceptors (Lipinski definition) is 5. The zero-order valence-corrected chi connectivity index (χ0v) is 19.4. The number of nitrogen functional groups attached to an aromatic ring is 1. The highest BCUT2D eigenvalue weighted by atomic mass is 16.2. The predicted molar refractivity (Wildman–Crippen MR) is 135 cm³/mol. The van der Waals surface area contributed by atoms with Crippen molar-refractivity contribution in [2.75, 3.05) is 17.2 Å². The van der Waals surface area contributed by atoms with Gasteiger partial charge in [-0.05, 0) is 55.9 Å². The number of rotatable bonds is 7. The van der Waals surface area contributed by atoms with Crippen molar-refractivity contribution in [1.82, 2.24) is 9.55 Å². The summed E-state index contributed by atoms with van der Waals surface area (Å²) in [6.07, 6.45) is 6.95. The first-order valence-electron chi connectivity index (χ1n) is 11.6. The van der Waals surface area contributed by atoms with Gasteiger partial charge >= 0.3 is 5.69 Å². The molecule has 3 aromatic rings. The van der Waals surface area contributed by atoms with Crippen molar-refractivity contribution >= 4 is 17.4 Å². The van der Waals surface area contributed by atoms with E-state index in [9.17, 15) is 19.6 Å². The molecule has 1 aromatic heterocycles. The molecular formula is C27H27N5O3. The molecule has 1 heterocycles. The second-order valence-corrected chi connectivity index (χ2v) is 8.57. The van der Waals surface area contributed by atoms with Crippen LogP contribution in [0, 0.1) is 11.3 Å². The maximum Gasteiger partial charge on any atom is 0.330 e. The minimum atomic E-state index is -0.723. The van der Waals surface area contributed by atoms with Crippen LogP contribution in [0.2, 0.25) is 0 Å². The summed E-state index contributed by atoms with van der Waals surface area (Å²) in [5, 5.41) is 9.27. The smallest absolute Gasteiger partial charge is 0.330 e. The fourth-order valence-electron chi connectivity index (χ4n) is 4.34. The van der Waals surface area contributed by atoms with Gasteiger partial charge in [0.1, 0.15) is 5.82 Å². The molecule has 2 aromatic carbocycles. The van der Waals surface area contributed by atoms with Crippen molar-refractivity contribution in [2.45, 2.75) is 38.6 Å². The molecule has 1 aliphatic carbocycles. The normalized spacial score (nSPS) is 13.1. The van der Waals surface area contributed by atoms with Gasteiger partial charge in [-0.25, -0.2) is 4.79 Å². The molecule has 8 heteroatoms. The molecule has 35 heavy (non-hydrogen) atoms. The van der Waals surface area contributed by atoms with Crippen molar-refractivity contribution in [3.8, 4) is 6.07 Å². The summed E-state index contributed by atoms with van der Waals surface area (Å²) in [6.45, 7) is 0.366. The fourth-order valence-corrected chi connectivity index (χ4v) is 4.34. The molecule has 0 unspecified atom stereocenters. The third kappa shape index (κ3) is 5.41. The molecule has 0 fully saturated rings. The Hall–Kier alpha value is -4.38. The molecule has 3 N–H and O–H groups in total. The summed E-state index contributed by atoms with van der Waals surface area (Å²) in [5.41, 5.74) is 7.62. The highest BCUT2D eigenvalue weighted by Gasteiger charge is 2.26. The molecular weight excluding hydrogens is 442 g/mol. The van der Waals surface area contributed by atoms with Gasteiger partial charge in [0.25, 0.3) is 11.5 Å². The van der Waals surface area contributed by atoms with Crippen molar-refractivity contribution in [3.63, 3.8) is 0 Å². The molecule has 0 saturated heterocycles. The Balaban J connectivity index is 1.78. The number of nitrogens with zero attached hydrogens (tertiary/aromatic N) is 3. The summed E-state index contributed by atoms with van der Waals surface area (Å²) >= 11 is 0. The number of nitriles is 1. The topological polar surface area (TPSA) is 125 Å². The van der Waals surface area contributed by atoms with Gasteiger partial charge in [0, 0.05) is 12.1 Å². The second kappa shape index (κ2) is 10.7. The van der Waals surface area contributed by atoms with Crippen LogP contribution in [0.4, 0.5) is 11.5 Å². The first-order valence-corrected chi connectivity index (χ1v) is 11.6. The number of anilines is 2. The van der Waals surface area contributed by atoms with Crippen molar-refractivity contribution < 1.29 is 4.79 Å². The number of allylic oxidation sites excluding steroid dienone is 1. The van der Waals surface area contributed by atoms with Gasteiger partial charge in [0.05, 0.1) is 18.2 Å².